The molecular formula is C17H16ClNO2. The highest BCUT2D eigenvalue weighted by Crippen LogP contribution is 2.34. The van der Waals surface area contributed by atoms with Crippen molar-refractivity contribution in [1.82, 2.24) is 0 Å². The van der Waals surface area contributed by atoms with Gasteiger partial charge in [0.05, 0.1) is 18.2 Å². The first-order chi connectivity index (χ1) is 10.1. The molecule has 0 aliphatic heterocycles. The van der Waals surface area contributed by atoms with E-state index in [1.165, 1.54) is 0 Å². The Morgan fingerprint density at radius 1 is 1.19 bits per heavy atom. The maximum absolute atomic E-state index is 6.34. The number of nitrogens with two attached hydrogens (primary N) is 1. The van der Waals surface area contributed by atoms with E-state index < -0.39 is 6.04 Å². The lowest BCUT2D eigenvalue weighted by molar-refractivity contribution is 0.404. The molecule has 4 heteroatoms. The fourth-order valence-corrected chi connectivity index (χ4v) is 2.65. The highest BCUT2D eigenvalue weighted by molar-refractivity contribution is 6.34. The number of aryl methyl sites for hydroxylation is 1. The molecule has 21 heavy (non-hydrogen) atoms. The fraction of sp³-hybridized carbons (Fsp3) is 0.176. The van der Waals surface area contributed by atoms with Crippen LogP contribution in [0.1, 0.15) is 22.9 Å². The summed E-state index contributed by atoms with van der Waals surface area (Å²) in [5.41, 5.74) is 9.01. The SMILES string of the molecule is COc1cc(C)ccc1C(N)c1cc2cccc(Cl)c2o1. The predicted octanol–water partition coefficient (Wildman–Crippen LogP) is 4.45. The number of para-hydroxylation sites is 1. The van der Waals surface area contributed by atoms with Gasteiger partial charge in [-0.1, -0.05) is 35.9 Å². The first-order valence-electron chi connectivity index (χ1n) is 6.68. The van der Waals surface area contributed by atoms with E-state index in [0.29, 0.717) is 16.4 Å². The molecule has 0 aliphatic rings. The monoisotopic (exact) mass is 301 g/mol. The molecular weight excluding hydrogens is 286 g/mol. The number of benzene rings is 2. The summed E-state index contributed by atoms with van der Waals surface area (Å²) in [6.45, 7) is 2.01. The summed E-state index contributed by atoms with van der Waals surface area (Å²) in [5.74, 6) is 1.43. The van der Waals surface area contributed by atoms with Crippen LogP contribution in [0.4, 0.5) is 0 Å². The molecule has 2 aromatic carbocycles. The molecule has 1 heterocycles. The maximum Gasteiger partial charge on any atom is 0.152 e. The van der Waals surface area contributed by atoms with Crippen LogP contribution in [0.2, 0.25) is 5.02 Å². The second-order valence-electron chi connectivity index (χ2n) is 5.03. The van der Waals surface area contributed by atoms with E-state index in [9.17, 15) is 0 Å². The summed E-state index contributed by atoms with van der Waals surface area (Å²) in [6, 6.07) is 13.1. The molecule has 0 spiro atoms. The Kier molecular flexibility index (Phi) is 3.62. The van der Waals surface area contributed by atoms with Gasteiger partial charge in [-0.3, -0.25) is 0 Å². The standard InChI is InChI=1S/C17H16ClNO2/c1-10-6-7-12(14(8-10)20-2)16(19)15-9-11-4-3-5-13(18)17(11)21-15/h3-9,16H,19H2,1-2H3. The van der Waals surface area contributed by atoms with Crippen LogP contribution in [0, 0.1) is 6.92 Å². The second kappa shape index (κ2) is 5.43. The summed E-state index contributed by atoms with van der Waals surface area (Å²) in [7, 11) is 1.64. The first kappa shape index (κ1) is 14.0. The largest absolute Gasteiger partial charge is 0.496 e. The number of rotatable bonds is 3. The molecule has 0 radical (unpaired) electrons. The van der Waals surface area contributed by atoms with E-state index in [2.05, 4.69) is 0 Å². The molecule has 3 rings (SSSR count). The Bertz CT molecular complexity index is 795. The molecule has 1 aromatic heterocycles. The Balaban J connectivity index is 2.08. The number of ether oxygens (including phenoxy) is 1. The maximum atomic E-state index is 6.34. The minimum Gasteiger partial charge on any atom is -0.496 e. The van der Waals surface area contributed by atoms with Crippen LogP contribution in [-0.2, 0) is 0 Å². The normalized spacial score (nSPS) is 12.6. The summed E-state index contributed by atoms with van der Waals surface area (Å²) in [6.07, 6.45) is 0. The number of hydrogen-bond acceptors (Lipinski definition) is 3. The van der Waals surface area contributed by atoms with Gasteiger partial charge in [0.15, 0.2) is 5.58 Å². The topological polar surface area (TPSA) is 48.4 Å². The summed E-state index contributed by atoms with van der Waals surface area (Å²) >= 11 is 6.14. The van der Waals surface area contributed by atoms with Crippen molar-refractivity contribution in [3.05, 3.63) is 64.4 Å². The van der Waals surface area contributed by atoms with Gasteiger partial charge in [-0.15, -0.1) is 0 Å². The average Bonchev–Trinajstić information content (AvgIpc) is 2.92. The van der Waals surface area contributed by atoms with Crippen LogP contribution < -0.4 is 10.5 Å². The third-order valence-electron chi connectivity index (χ3n) is 3.55. The third-order valence-corrected chi connectivity index (χ3v) is 3.84. The molecule has 0 amide bonds. The summed E-state index contributed by atoms with van der Waals surface area (Å²) < 4.78 is 11.3. The summed E-state index contributed by atoms with van der Waals surface area (Å²) in [5, 5.41) is 1.53. The third kappa shape index (κ3) is 2.50. The minimum atomic E-state index is -0.399. The highest BCUT2D eigenvalue weighted by atomic mass is 35.5. The van der Waals surface area contributed by atoms with Crippen molar-refractivity contribution in [1.29, 1.82) is 0 Å². The van der Waals surface area contributed by atoms with Gasteiger partial charge in [0.2, 0.25) is 0 Å². The molecule has 3 aromatic rings. The molecule has 0 saturated heterocycles. The van der Waals surface area contributed by atoms with Gasteiger partial charge in [0, 0.05) is 10.9 Å². The second-order valence-corrected chi connectivity index (χ2v) is 5.44. The zero-order chi connectivity index (χ0) is 15.0. The smallest absolute Gasteiger partial charge is 0.152 e. The van der Waals surface area contributed by atoms with Gasteiger partial charge in [0.1, 0.15) is 11.5 Å². The van der Waals surface area contributed by atoms with E-state index >= 15 is 0 Å². The van der Waals surface area contributed by atoms with Crippen molar-refractivity contribution in [2.45, 2.75) is 13.0 Å². The molecule has 0 bridgehead atoms. The molecule has 0 saturated carbocycles. The number of furan rings is 1. The molecule has 1 unspecified atom stereocenters. The van der Waals surface area contributed by atoms with Crippen LogP contribution in [0.5, 0.6) is 5.75 Å². The van der Waals surface area contributed by atoms with Crippen LogP contribution >= 0.6 is 11.6 Å². The minimum absolute atomic E-state index is 0.399. The average molecular weight is 302 g/mol. The van der Waals surface area contributed by atoms with E-state index in [0.717, 1.165) is 22.3 Å². The Hall–Kier alpha value is -1.97. The Morgan fingerprint density at radius 3 is 2.71 bits per heavy atom. The lowest BCUT2D eigenvalue weighted by Crippen LogP contribution is -2.12. The predicted molar refractivity (Wildman–Crippen MR) is 85.0 cm³/mol. The van der Waals surface area contributed by atoms with Crippen molar-refractivity contribution >= 4 is 22.6 Å². The number of fused-ring (bicyclic) bond motifs is 1. The molecule has 2 N–H and O–H groups in total. The Labute approximate surface area is 128 Å². The van der Waals surface area contributed by atoms with Crippen molar-refractivity contribution in [3.8, 4) is 5.75 Å². The van der Waals surface area contributed by atoms with Crippen LogP contribution in [0.15, 0.2) is 46.9 Å². The van der Waals surface area contributed by atoms with Gasteiger partial charge in [-0.2, -0.15) is 0 Å². The van der Waals surface area contributed by atoms with E-state index in [-0.39, 0.29) is 0 Å². The van der Waals surface area contributed by atoms with Crippen LogP contribution in [0.25, 0.3) is 11.0 Å². The molecule has 108 valence electrons. The van der Waals surface area contributed by atoms with Gasteiger partial charge in [-0.25, -0.2) is 0 Å². The van der Waals surface area contributed by atoms with Gasteiger partial charge >= 0.3 is 0 Å². The number of halogens is 1. The number of methoxy groups -OCH3 is 1. The zero-order valence-electron chi connectivity index (χ0n) is 11.9. The fourth-order valence-electron chi connectivity index (χ4n) is 2.43. The van der Waals surface area contributed by atoms with Gasteiger partial charge in [-0.05, 0) is 30.7 Å². The highest BCUT2D eigenvalue weighted by Gasteiger charge is 2.19. The molecule has 1 atom stereocenters. The van der Waals surface area contributed by atoms with Crippen molar-refractivity contribution in [2.75, 3.05) is 7.11 Å². The van der Waals surface area contributed by atoms with Crippen molar-refractivity contribution < 1.29 is 9.15 Å². The van der Waals surface area contributed by atoms with Crippen LogP contribution in [0.3, 0.4) is 0 Å². The molecule has 0 aliphatic carbocycles. The van der Waals surface area contributed by atoms with E-state index in [4.69, 9.17) is 26.5 Å². The number of hydrogen-bond donors (Lipinski definition) is 1. The molecule has 0 fully saturated rings. The molecule has 3 nitrogen and oxygen atoms in total. The van der Waals surface area contributed by atoms with E-state index in [1.54, 1.807) is 13.2 Å². The van der Waals surface area contributed by atoms with Gasteiger partial charge < -0.3 is 14.9 Å². The van der Waals surface area contributed by atoms with E-state index in [1.807, 2.05) is 43.3 Å². The zero-order valence-corrected chi connectivity index (χ0v) is 12.6. The Morgan fingerprint density at radius 2 is 2.00 bits per heavy atom. The quantitative estimate of drug-likeness (QED) is 0.777. The van der Waals surface area contributed by atoms with Crippen LogP contribution in [-0.4, -0.2) is 7.11 Å². The lowest BCUT2D eigenvalue weighted by Gasteiger charge is -2.14. The van der Waals surface area contributed by atoms with Gasteiger partial charge in [0.25, 0.3) is 0 Å². The van der Waals surface area contributed by atoms with Crippen molar-refractivity contribution in [3.63, 3.8) is 0 Å². The summed E-state index contributed by atoms with van der Waals surface area (Å²) in [4.78, 5) is 0. The first-order valence-corrected chi connectivity index (χ1v) is 7.06. The van der Waals surface area contributed by atoms with Crippen molar-refractivity contribution in [2.24, 2.45) is 5.73 Å². The lowest BCUT2D eigenvalue weighted by atomic mass is 10.0.